The third kappa shape index (κ3) is 2.32. The highest BCUT2D eigenvalue weighted by molar-refractivity contribution is 14.1. The molecule has 0 spiro atoms. The number of hydrogen-bond donors (Lipinski definition) is 0. The van der Waals surface area contributed by atoms with Gasteiger partial charge >= 0.3 is 0 Å². The van der Waals surface area contributed by atoms with Crippen molar-refractivity contribution in [3.8, 4) is 0 Å². The summed E-state index contributed by atoms with van der Waals surface area (Å²) in [7, 11) is -1.14. The summed E-state index contributed by atoms with van der Waals surface area (Å²) in [5.41, 5.74) is 3.01. The van der Waals surface area contributed by atoms with Crippen LogP contribution in [0.2, 0.25) is 19.6 Å². The number of allylic oxidation sites excluding steroid dienone is 3. The highest BCUT2D eigenvalue weighted by atomic mass is 127. The van der Waals surface area contributed by atoms with Crippen molar-refractivity contribution in [2.24, 2.45) is 5.92 Å². The molecule has 16 heavy (non-hydrogen) atoms. The predicted octanol–water partition coefficient (Wildman–Crippen LogP) is 4.90. The van der Waals surface area contributed by atoms with E-state index in [0.717, 1.165) is 0 Å². The maximum atomic E-state index is 2.44. The van der Waals surface area contributed by atoms with Crippen LogP contribution in [0.3, 0.4) is 0 Å². The maximum absolute atomic E-state index is 2.44. The maximum Gasteiger partial charge on any atom is 0.0740 e. The molecule has 0 radical (unpaired) electrons. The van der Waals surface area contributed by atoms with Crippen LogP contribution in [0.5, 0.6) is 0 Å². The van der Waals surface area contributed by atoms with Gasteiger partial charge in [0.25, 0.3) is 0 Å². The van der Waals surface area contributed by atoms with E-state index in [0.29, 0.717) is 5.92 Å². The largest absolute Gasteiger partial charge is 0.0740 e. The standard InChI is InChI=1S/C14H17ISi/c1-16(2,3)14-12(9-10-15)13(14)11-7-5-4-6-8-11/h4-10,12H,1-3H3/b10-9+. The van der Waals surface area contributed by atoms with Crippen molar-refractivity contribution < 1.29 is 0 Å². The van der Waals surface area contributed by atoms with Crippen molar-refractivity contribution >= 4 is 36.2 Å². The van der Waals surface area contributed by atoms with E-state index in [1.807, 2.05) is 0 Å². The number of hydrogen-bond acceptors (Lipinski definition) is 0. The van der Waals surface area contributed by atoms with Crippen molar-refractivity contribution in [3.05, 3.63) is 51.3 Å². The summed E-state index contributed by atoms with van der Waals surface area (Å²) < 4.78 is 2.15. The SMILES string of the molecule is C[Si](C)(C)C1=C(c2ccccc2)C1/C=C/I. The minimum Gasteiger partial charge on any atom is -0.0672 e. The molecule has 1 aromatic carbocycles. The molecule has 0 saturated carbocycles. The molecule has 2 rings (SSSR count). The highest BCUT2D eigenvalue weighted by Gasteiger charge is 2.42. The Labute approximate surface area is 113 Å². The van der Waals surface area contributed by atoms with Gasteiger partial charge in [-0.3, -0.25) is 0 Å². The minimum atomic E-state index is -1.14. The first-order valence-corrected chi connectivity index (χ1v) is 10.4. The summed E-state index contributed by atoms with van der Waals surface area (Å²) in [5.74, 6) is 0.631. The average molecular weight is 340 g/mol. The lowest BCUT2D eigenvalue weighted by Crippen LogP contribution is -2.19. The fraction of sp³-hybridized carbons (Fsp3) is 0.286. The van der Waals surface area contributed by atoms with Gasteiger partial charge in [0.15, 0.2) is 0 Å². The molecular weight excluding hydrogens is 323 g/mol. The molecule has 0 saturated heterocycles. The molecular formula is C14H17ISi. The summed E-state index contributed by atoms with van der Waals surface area (Å²) in [5, 5.41) is 1.73. The lowest BCUT2D eigenvalue weighted by atomic mass is 10.1. The zero-order valence-electron chi connectivity index (χ0n) is 10.00. The Kier molecular flexibility index (Phi) is 3.40. The molecule has 0 aromatic heterocycles. The molecule has 1 aromatic rings. The second-order valence-electron chi connectivity index (χ2n) is 5.24. The molecule has 1 unspecified atom stereocenters. The Bertz CT molecular complexity index is 438. The summed E-state index contributed by atoms with van der Waals surface area (Å²) in [6.45, 7) is 7.31. The van der Waals surface area contributed by atoms with E-state index >= 15 is 0 Å². The average Bonchev–Trinajstić information content (AvgIpc) is 2.94. The van der Waals surface area contributed by atoms with Crippen LogP contribution in [0, 0.1) is 5.92 Å². The van der Waals surface area contributed by atoms with Crippen LogP contribution in [0.4, 0.5) is 0 Å². The van der Waals surface area contributed by atoms with Crippen molar-refractivity contribution in [2.75, 3.05) is 0 Å². The van der Waals surface area contributed by atoms with Gasteiger partial charge in [0, 0.05) is 5.92 Å². The van der Waals surface area contributed by atoms with E-state index in [4.69, 9.17) is 0 Å². The molecule has 0 aliphatic heterocycles. The molecule has 1 aliphatic rings. The molecule has 1 atom stereocenters. The monoisotopic (exact) mass is 340 g/mol. The zero-order valence-corrected chi connectivity index (χ0v) is 13.2. The van der Waals surface area contributed by atoms with E-state index in [2.05, 4.69) is 82.7 Å². The summed E-state index contributed by atoms with van der Waals surface area (Å²) in [6.07, 6.45) is 2.33. The Balaban J connectivity index is 2.36. The quantitative estimate of drug-likeness (QED) is 0.543. The first-order chi connectivity index (χ1) is 7.55. The second-order valence-corrected chi connectivity index (χ2v) is 11.0. The minimum absolute atomic E-state index is 0.631. The van der Waals surface area contributed by atoms with Crippen LogP contribution in [-0.4, -0.2) is 8.07 Å². The van der Waals surface area contributed by atoms with E-state index < -0.39 is 8.07 Å². The van der Waals surface area contributed by atoms with Gasteiger partial charge in [-0.2, -0.15) is 0 Å². The second kappa shape index (κ2) is 4.49. The van der Waals surface area contributed by atoms with E-state index in [1.54, 1.807) is 10.8 Å². The molecule has 0 N–H and O–H groups in total. The van der Waals surface area contributed by atoms with Crippen LogP contribution in [0.1, 0.15) is 5.56 Å². The predicted molar refractivity (Wildman–Crippen MR) is 83.4 cm³/mol. The molecule has 0 fully saturated rings. The molecule has 0 heterocycles. The van der Waals surface area contributed by atoms with Gasteiger partial charge in [-0.05, 0) is 15.2 Å². The van der Waals surface area contributed by atoms with Gasteiger partial charge in [0.05, 0.1) is 8.07 Å². The van der Waals surface area contributed by atoms with Crippen LogP contribution < -0.4 is 0 Å². The first kappa shape index (κ1) is 12.1. The third-order valence-corrected chi connectivity index (χ3v) is 5.60. The molecule has 84 valence electrons. The molecule has 2 heteroatoms. The van der Waals surface area contributed by atoms with Crippen LogP contribution >= 0.6 is 22.6 Å². The van der Waals surface area contributed by atoms with E-state index in [1.165, 1.54) is 5.56 Å². The van der Waals surface area contributed by atoms with Crippen molar-refractivity contribution in [1.29, 1.82) is 0 Å². The van der Waals surface area contributed by atoms with Crippen molar-refractivity contribution in [3.63, 3.8) is 0 Å². The Morgan fingerprint density at radius 2 is 1.75 bits per heavy atom. The third-order valence-electron chi connectivity index (χ3n) is 2.99. The van der Waals surface area contributed by atoms with Crippen LogP contribution in [0.15, 0.2) is 45.7 Å². The van der Waals surface area contributed by atoms with Crippen LogP contribution in [-0.2, 0) is 0 Å². The zero-order chi connectivity index (χ0) is 11.8. The Morgan fingerprint density at radius 3 is 2.25 bits per heavy atom. The van der Waals surface area contributed by atoms with Gasteiger partial charge in [0.1, 0.15) is 0 Å². The lowest BCUT2D eigenvalue weighted by molar-refractivity contribution is 1.23. The normalized spacial score (nSPS) is 20.6. The van der Waals surface area contributed by atoms with E-state index in [-0.39, 0.29) is 0 Å². The molecule has 0 nitrogen and oxygen atoms in total. The summed E-state index contributed by atoms with van der Waals surface area (Å²) >= 11 is 2.32. The molecule has 1 aliphatic carbocycles. The first-order valence-electron chi connectivity index (χ1n) is 5.62. The lowest BCUT2D eigenvalue weighted by Gasteiger charge is -2.11. The van der Waals surface area contributed by atoms with Crippen LogP contribution in [0.25, 0.3) is 5.57 Å². The number of benzene rings is 1. The molecule has 0 bridgehead atoms. The van der Waals surface area contributed by atoms with Gasteiger partial charge in [-0.15, -0.1) is 0 Å². The van der Waals surface area contributed by atoms with Crippen molar-refractivity contribution in [1.82, 2.24) is 0 Å². The van der Waals surface area contributed by atoms with Gasteiger partial charge in [-0.25, -0.2) is 0 Å². The Hall–Kier alpha value is -0.353. The topological polar surface area (TPSA) is 0 Å². The fourth-order valence-corrected chi connectivity index (χ4v) is 4.95. The van der Waals surface area contributed by atoms with Crippen molar-refractivity contribution in [2.45, 2.75) is 19.6 Å². The van der Waals surface area contributed by atoms with Gasteiger partial charge < -0.3 is 0 Å². The smallest absolute Gasteiger partial charge is 0.0672 e. The number of halogens is 1. The summed E-state index contributed by atoms with van der Waals surface area (Å²) in [6, 6.07) is 10.8. The number of rotatable bonds is 3. The Morgan fingerprint density at radius 1 is 1.12 bits per heavy atom. The van der Waals surface area contributed by atoms with Gasteiger partial charge in [-0.1, -0.05) is 83.8 Å². The fourth-order valence-electron chi connectivity index (χ4n) is 2.33. The molecule has 0 amide bonds. The summed E-state index contributed by atoms with van der Waals surface area (Å²) in [4.78, 5) is 0. The van der Waals surface area contributed by atoms with Gasteiger partial charge in [0.2, 0.25) is 0 Å². The van der Waals surface area contributed by atoms with E-state index in [9.17, 15) is 0 Å². The highest BCUT2D eigenvalue weighted by Crippen LogP contribution is 2.52.